The lowest BCUT2D eigenvalue weighted by atomic mass is 9.99. The van der Waals surface area contributed by atoms with Crippen molar-refractivity contribution in [1.29, 1.82) is 0 Å². The van der Waals surface area contributed by atoms with Gasteiger partial charge < -0.3 is 19.9 Å². The van der Waals surface area contributed by atoms with E-state index >= 15 is 0 Å². The average Bonchev–Trinajstić information content (AvgIpc) is 3.23. The Labute approximate surface area is 168 Å². The molecule has 0 saturated carbocycles. The Morgan fingerprint density at radius 1 is 1.00 bits per heavy atom. The second kappa shape index (κ2) is 7.61. The van der Waals surface area contributed by atoms with E-state index in [9.17, 15) is 9.50 Å². The van der Waals surface area contributed by atoms with Gasteiger partial charge in [-0.3, -0.25) is 4.90 Å². The van der Waals surface area contributed by atoms with Gasteiger partial charge >= 0.3 is 0 Å². The van der Waals surface area contributed by atoms with Crippen LogP contribution in [0.25, 0.3) is 11.0 Å². The first-order valence-electron chi connectivity index (χ1n) is 10.2. The Morgan fingerprint density at radius 3 is 2.62 bits per heavy atom. The van der Waals surface area contributed by atoms with Gasteiger partial charge in [-0.2, -0.15) is 0 Å². The molecular weight excluding hydrogens is 371 g/mol. The minimum Gasteiger partial charge on any atom is -0.390 e. The number of aromatic amines is 1. The molecule has 2 unspecified atom stereocenters. The molecule has 7 nitrogen and oxygen atoms in total. The van der Waals surface area contributed by atoms with Gasteiger partial charge in [-0.05, 0) is 24.6 Å². The van der Waals surface area contributed by atoms with Crippen LogP contribution in [0, 0.1) is 5.82 Å². The van der Waals surface area contributed by atoms with Gasteiger partial charge in [-0.15, -0.1) is 0 Å². The zero-order valence-electron chi connectivity index (χ0n) is 16.2. The third-order valence-corrected chi connectivity index (χ3v) is 6.16. The van der Waals surface area contributed by atoms with Gasteiger partial charge in [0, 0.05) is 51.5 Å². The van der Waals surface area contributed by atoms with Crippen LogP contribution < -0.4 is 9.80 Å². The SMILES string of the molecule is OC1CN(c2ncnc3[nH]ccc23)CCC1N1CCN(c2ccccc2F)CC1. The number of para-hydroxylation sites is 1. The summed E-state index contributed by atoms with van der Waals surface area (Å²) >= 11 is 0. The van der Waals surface area contributed by atoms with Gasteiger partial charge in [-0.1, -0.05) is 12.1 Å². The summed E-state index contributed by atoms with van der Waals surface area (Å²) in [4.78, 5) is 18.4. The van der Waals surface area contributed by atoms with Crippen molar-refractivity contribution in [2.24, 2.45) is 0 Å². The molecule has 2 aliphatic heterocycles. The molecule has 5 rings (SSSR count). The van der Waals surface area contributed by atoms with Crippen LogP contribution >= 0.6 is 0 Å². The number of anilines is 2. The van der Waals surface area contributed by atoms with Crippen LogP contribution in [-0.2, 0) is 0 Å². The van der Waals surface area contributed by atoms with E-state index in [1.807, 2.05) is 24.4 Å². The summed E-state index contributed by atoms with van der Waals surface area (Å²) in [5, 5.41) is 11.9. The maximum Gasteiger partial charge on any atom is 0.146 e. The highest BCUT2D eigenvalue weighted by Gasteiger charge is 2.34. The molecule has 0 radical (unpaired) electrons. The molecule has 2 aromatic heterocycles. The number of halogens is 1. The Hall–Kier alpha value is -2.71. The third-order valence-electron chi connectivity index (χ3n) is 6.16. The maximum atomic E-state index is 14.1. The standard InChI is InChI=1S/C21H25FN6O/c22-16-3-1-2-4-17(16)26-9-11-27(12-10-26)18-6-8-28(13-19(18)29)21-15-5-7-23-20(15)24-14-25-21/h1-5,7,14,18-19,29H,6,8-13H2,(H,23,24,25). The van der Waals surface area contributed by atoms with Crippen LogP contribution in [0.15, 0.2) is 42.9 Å². The van der Waals surface area contributed by atoms with Crippen molar-refractivity contribution < 1.29 is 9.50 Å². The van der Waals surface area contributed by atoms with E-state index in [1.54, 1.807) is 12.4 Å². The molecule has 1 aromatic carbocycles. The number of fused-ring (bicyclic) bond motifs is 1. The Kier molecular flexibility index (Phi) is 4.81. The fraction of sp³-hybridized carbons (Fsp3) is 0.429. The van der Waals surface area contributed by atoms with E-state index in [0.717, 1.165) is 56.0 Å². The number of β-amino-alcohol motifs (C(OH)–C–C–N with tert-alkyl or cyclic N) is 1. The molecule has 4 heterocycles. The first kappa shape index (κ1) is 18.3. The number of hydrogen-bond acceptors (Lipinski definition) is 6. The Morgan fingerprint density at radius 2 is 1.83 bits per heavy atom. The van der Waals surface area contributed by atoms with Crippen LogP contribution in [-0.4, -0.2) is 76.4 Å². The summed E-state index contributed by atoms with van der Waals surface area (Å²) in [6, 6.07) is 9.04. The second-order valence-electron chi connectivity index (χ2n) is 7.78. The molecular formula is C21H25FN6O. The van der Waals surface area contributed by atoms with Crippen LogP contribution in [0.4, 0.5) is 15.9 Å². The molecule has 0 aliphatic carbocycles. The number of aliphatic hydroxyl groups excluding tert-OH is 1. The summed E-state index contributed by atoms with van der Waals surface area (Å²) in [6.45, 7) is 4.58. The van der Waals surface area contributed by atoms with Crippen molar-refractivity contribution in [3.05, 3.63) is 48.7 Å². The van der Waals surface area contributed by atoms with Crippen LogP contribution in [0.2, 0.25) is 0 Å². The summed E-state index contributed by atoms with van der Waals surface area (Å²) in [6.07, 6.45) is 3.85. The smallest absolute Gasteiger partial charge is 0.146 e. The van der Waals surface area contributed by atoms with E-state index in [1.165, 1.54) is 6.07 Å². The van der Waals surface area contributed by atoms with E-state index in [0.29, 0.717) is 12.2 Å². The fourth-order valence-corrected chi connectivity index (χ4v) is 4.65. The molecule has 2 aliphatic rings. The molecule has 2 N–H and O–H groups in total. The molecule has 2 saturated heterocycles. The van der Waals surface area contributed by atoms with E-state index in [4.69, 9.17) is 0 Å². The van der Waals surface area contributed by atoms with Gasteiger partial charge in [0.1, 0.15) is 23.6 Å². The molecule has 0 amide bonds. The number of nitrogens with zero attached hydrogens (tertiary/aromatic N) is 5. The quantitative estimate of drug-likeness (QED) is 0.704. The molecule has 0 bridgehead atoms. The summed E-state index contributed by atoms with van der Waals surface area (Å²) in [7, 11) is 0. The normalized spacial score (nSPS) is 23.7. The minimum atomic E-state index is -0.451. The van der Waals surface area contributed by atoms with Crippen molar-refractivity contribution in [2.45, 2.75) is 18.6 Å². The van der Waals surface area contributed by atoms with E-state index in [2.05, 4.69) is 29.7 Å². The zero-order valence-corrected chi connectivity index (χ0v) is 16.2. The maximum absolute atomic E-state index is 14.1. The molecule has 2 fully saturated rings. The number of benzene rings is 1. The fourth-order valence-electron chi connectivity index (χ4n) is 4.65. The van der Waals surface area contributed by atoms with Crippen molar-refractivity contribution in [2.75, 3.05) is 49.1 Å². The zero-order chi connectivity index (χ0) is 19.8. The summed E-state index contributed by atoms with van der Waals surface area (Å²) < 4.78 is 14.1. The van der Waals surface area contributed by atoms with Crippen molar-refractivity contribution in [3.8, 4) is 0 Å². The lowest BCUT2D eigenvalue weighted by molar-refractivity contribution is 0.0337. The Balaban J connectivity index is 1.23. The summed E-state index contributed by atoms with van der Waals surface area (Å²) in [5.74, 6) is 0.702. The van der Waals surface area contributed by atoms with Crippen molar-refractivity contribution >= 4 is 22.5 Å². The first-order valence-corrected chi connectivity index (χ1v) is 10.2. The summed E-state index contributed by atoms with van der Waals surface area (Å²) in [5.41, 5.74) is 1.48. The third kappa shape index (κ3) is 3.42. The number of piperidine rings is 1. The largest absolute Gasteiger partial charge is 0.390 e. The number of aliphatic hydroxyl groups is 1. The van der Waals surface area contributed by atoms with Crippen molar-refractivity contribution in [3.63, 3.8) is 0 Å². The molecule has 8 heteroatoms. The number of rotatable bonds is 3. The second-order valence-corrected chi connectivity index (χ2v) is 7.78. The number of piperazine rings is 1. The molecule has 29 heavy (non-hydrogen) atoms. The highest BCUT2D eigenvalue weighted by molar-refractivity contribution is 5.87. The van der Waals surface area contributed by atoms with E-state index in [-0.39, 0.29) is 11.9 Å². The van der Waals surface area contributed by atoms with Gasteiger partial charge in [0.2, 0.25) is 0 Å². The first-order chi connectivity index (χ1) is 14.2. The predicted molar refractivity (Wildman–Crippen MR) is 111 cm³/mol. The molecule has 152 valence electrons. The minimum absolute atomic E-state index is 0.123. The van der Waals surface area contributed by atoms with Gasteiger partial charge in [0.15, 0.2) is 0 Å². The van der Waals surface area contributed by atoms with Crippen LogP contribution in [0.5, 0.6) is 0 Å². The molecule has 0 spiro atoms. The lowest BCUT2D eigenvalue weighted by Crippen LogP contribution is -2.59. The van der Waals surface area contributed by atoms with E-state index < -0.39 is 6.10 Å². The highest BCUT2D eigenvalue weighted by atomic mass is 19.1. The molecule has 3 aromatic rings. The predicted octanol–water partition coefficient (Wildman–Crippen LogP) is 1.86. The van der Waals surface area contributed by atoms with Gasteiger partial charge in [0.25, 0.3) is 0 Å². The van der Waals surface area contributed by atoms with Crippen molar-refractivity contribution in [1.82, 2.24) is 19.9 Å². The number of aromatic nitrogens is 3. The molecule has 2 atom stereocenters. The van der Waals surface area contributed by atoms with Crippen LogP contribution in [0.1, 0.15) is 6.42 Å². The lowest BCUT2D eigenvalue weighted by Gasteiger charge is -2.45. The van der Waals surface area contributed by atoms with Crippen LogP contribution in [0.3, 0.4) is 0 Å². The number of hydrogen-bond donors (Lipinski definition) is 2. The van der Waals surface area contributed by atoms with Gasteiger partial charge in [0.05, 0.1) is 17.2 Å². The Bertz CT molecular complexity index is 986. The average molecular weight is 396 g/mol. The van der Waals surface area contributed by atoms with Gasteiger partial charge in [-0.25, -0.2) is 14.4 Å². The number of H-pyrrole nitrogens is 1. The number of nitrogens with one attached hydrogen (secondary N) is 1. The monoisotopic (exact) mass is 396 g/mol. The topological polar surface area (TPSA) is 71.5 Å². The highest BCUT2D eigenvalue weighted by Crippen LogP contribution is 2.28.